The summed E-state index contributed by atoms with van der Waals surface area (Å²) < 4.78 is 5.19. The van der Waals surface area contributed by atoms with Crippen molar-refractivity contribution in [2.24, 2.45) is 0 Å². The van der Waals surface area contributed by atoms with Gasteiger partial charge in [-0.15, -0.1) is 0 Å². The third kappa shape index (κ3) is 22.4. The molecule has 0 amide bonds. The molecule has 27 heavy (non-hydrogen) atoms. The molecule has 0 aromatic heterocycles. The molecular formula is C25H42O2. The predicted octanol–water partition coefficient (Wildman–Crippen LogP) is 7.87. The Morgan fingerprint density at radius 2 is 1.11 bits per heavy atom. The van der Waals surface area contributed by atoms with Crippen molar-refractivity contribution in [1.82, 2.24) is 0 Å². The van der Waals surface area contributed by atoms with Gasteiger partial charge in [0.15, 0.2) is 0 Å². The van der Waals surface area contributed by atoms with E-state index in [9.17, 15) is 4.79 Å². The van der Waals surface area contributed by atoms with Crippen molar-refractivity contribution < 1.29 is 9.53 Å². The number of hydrogen-bond donors (Lipinski definition) is 0. The van der Waals surface area contributed by atoms with Gasteiger partial charge in [0, 0.05) is 6.42 Å². The van der Waals surface area contributed by atoms with Crippen molar-refractivity contribution in [2.45, 2.75) is 97.3 Å². The van der Waals surface area contributed by atoms with Crippen LogP contribution in [0.1, 0.15) is 97.3 Å². The molecule has 0 unspecified atom stereocenters. The van der Waals surface area contributed by atoms with Gasteiger partial charge in [0.05, 0.1) is 6.61 Å². The lowest BCUT2D eigenvalue weighted by Gasteiger charge is -2.03. The fourth-order valence-electron chi connectivity index (χ4n) is 2.54. The summed E-state index contributed by atoms with van der Waals surface area (Å²) in [5.41, 5.74) is 0. The third-order valence-electron chi connectivity index (χ3n) is 4.22. The van der Waals surface area contributed by atoms with Crippen molar-refractivity contribution in [3.8, 4) is 0 Å². The highest BCUT2D eigenvalue weighted by atomic mass is 16.5. The Morgan fingerprint density at radius 1 is 0.630 bits per heavy atom. The zero-order chi connectivity index (χ0) is 19.8. The molecule has 0 aromatic carbocycles. The molecule has 0 aliphatic rings. The van der Waals surface area contributed by atoms with Crippen LogP contribution >= 0.6 is 0 Å². The fraction of sp³-hybridized carbons (Fsp3) is 0.640. The monoisotopic (exact) mass is 374 g/mol. The molecule has 0 saturated heterocycles. The summed E-state index contributed by atoms with van der Waals surface area (Å²) in [6.07, 6.45) is 31.6. The Kier molecular flexibility index (Phi) is 21.2. The van der Waals surface area contributed by atoms with E-state index in [1.165, 1.54) is 25.7 Å². The highest BCUT2D eigenvalue weighted by molar-refractivity contribution is 5.69. The van der Waals surface area contributed by atoms with Crippen LogP contribution in [0.2, 0.25) is 0 Å². The van der Waals surface area contributed by atoms with Crippen molar-refractivity contribution in [2.75, 3.05) is 6.61 Å². The minimum absolute atomic E-state index is 0.0537. The van der Waals surface area contributed by atoms with Gasteiger partial charge in [0.1, 0.15) is 0 Å². The van der Waals surface area contributed by atoms with Crippen LogP contribution in [-0.4, -0.2) is 12.6 Å². The molecule has 0 rings (SSSR count). The van der Waals surface area contributed by atoms with E-state index in [2.05, 4.69) is 62.5 Å². The van der Waals surface area contributed by atoms with Gasteiger partial charge in [0.2, 0.25) is 0 Å². The number of carbonyl (C=O) groups excluding carboxylic acids is 1. The van der Waals surface area contributed by atoms with E-state index in [0.29, 0.717) is 13.0 Å². The first kappa shape index (κ1) is 25.4. The number of allylic oxidation sites excluding steroid dienone is 8. The average Bonchev–Trinajstić information content (AvgIpc) is 2.67. The smallest absolute Gasteiger partial charge is 0.305 e. The molecule has 0 aromatic rings. The van der Waals surface area contributed by atoms with Crippen LogP contribution in [0, 0.1) is 0 Å². The Balaban J connectivity index is 3.44. The number of rotatable bonds is 18. The summed E-state index contributed by atoms with van der Waals surface area (Å²) in [4.78, 5) is 11.5. The Bertz CT molecular complexity index is 430. The quantitative estimate of drug-likeness (QED) is 0.139. The second-order valence-electron chi connectivity index (χ2n) is 6.91. The molecule has 0 heterocycles. The molecular weight excluding hydrogens is 332 g/mol. The van der Waals surface area contributed by atoms with Gasteiger partial charge < -0.3 is 4.74 Å². The summed E-state index contributed by atoms with van der Waals surface area (Å²) >= 11 is 0. The topological polar surface area (TPSA) is 26.3 Å². The van der Waals surface area contributed by atoms with E-state index in [-0.39, 0.29) is 5.97 Å². The standard InChI is InChI=1S/C25H42O2/c1-3-5-7-8-9-10-11-12-13-14-15-16-17-18-19-20-21-23-25(26)27-24-22-6-4-2/h9-10,12-13,15-16,18-19H,3-8,11,14,17,20-24H2,1-2H3/b10-9-,13-12-,16-15-,19-18-. The van der Waals surface area contributed by atoms with E-state index in [0.717, 1.165) is 51.4 Å². The van der Waals surface area contributed by atoms with Gasteiger partial charge in [-0.25, -0.2) is 0 Å². The van der Waals surface area contributed by atoms with Crippen molar-refractivity contribution in [3.05, 3.63) is 48.6 Å². The second-order valence-corrected chi connectivity index (χ2v) is 6.91. The molecule has 0 spiro atoms. The molecule has 0 fully saturated rings. The SMILES string of the molecule is CCCCC/C=C\C/C=C\C/C=C\C/C=C\CCCC(=O)OCCCCC. The largest absolute Gasteiger partial charge is 0.466 e. The van der Waals surface area contributed by atoms with Gasteiger partial charge in [-0.2, -0.15) is 0 Å². The summed E-state index contributed by atoms with van der Waals surface area (Å²) in [6, 6.07) is 0. The van der Waals surface area contributed by atoms with Gasteiger partial charge in [-0.3, -0.25) is 4.79 Å². The maximum absolute atomic E-state index is 11.5. The summed E-state index contributed by atoms with van der Waals surface area (Å²) in [5.74, 6) is -0.0537. The van der Waals surface area contributed by atoms with Gasteiger partial charge in [-0.1, -0.05) is 88.1 Å². The molecule has 0 atom stereocenters. The van der Waals surface area contributed by atoms with Crippen LogP contribution in [0.5, 0.6) is 0 Å². The number of esters is 1. The molecule has 0 aliphatic heterocycles. The second kappa shape index (κ2) is 22.5. The summed E-state index contributed by atoms with van der Waals surface area (Å²) in [7, 11) is 0. The Labute approximate surface area is 168 Å². The predicted molar refractivity (Wildman–Crippen MR) is 119 cm³/mol. The number of hydrogen-bond acceptors (Lipinski definition) is 2. The first-order valence-corrected chi connectivity index (χ1v) is 11.1. The number of carbonyl (C=O) groups is 1. The minimum Gasteiger partial charge on any atom is -0.466 e. The summed E-state index contributed by atoms with van der Waals surface area (Å²) in [5, 5.41) is 0. The molecule has 0 aliphatic carbocycles. The van der Waals surface area contributed by atoms with Gasteiger partial charge >= 0.3 is 5.97 Å². The first-order chi connectivity index (χ1) is 13.3. The van der Waals surface area contributed by atoms with Crippen LogP contribution in [0.3, 0.4) is 0 Å². The molecule has 2 nitrogen and oxygen atoms in total. The van der Waals surface area contributed by atoms with Crippen LogP contribution in [-0.2, 0) is 9.53 Å². The maximum Gasteiger partial charge on any atom is 0.305 e. The summed E-state index contributed by atoms with van der Waals surface area (Å²) in [6.45, 7) is 4.97. The zero-order valence-electron chi connectivity index (χ0n) is 17.8. The molecule has 154 valence electrons. The van der Waals surface area contributed by atoms with E-state index in [1.54, 1.807) is 0 Å². The molecule has 0 bridgehead atoms. The van der Waals surface area contributed by atoms with E-state index in [4.69, 9.17) is 4.74 Å². The van der Waals surface area contributed by atoms with Crippen LogP contribution in [0.15, 0.2) is 48.6 Å². The minimum atomic E-state index is -0.0537. The lowest BCUT2D eigenvalue weighted by atomic mass is 10.2. The lowest BCUT2D eigenvalue weighted by Crippen LogP contribution is -2.05. The van der Waals surface area contributed by atoms with E-state index < -0.39 is 0 Å². The van der Waals surface area contributed by atoms with Crippen LogP contribution in [0.4, 0.5) is 0 Å². The van der Waals surface area contributed by atoms with E-state index >= 15 is 0 Å². The molecule has 0 N–H and O–H groups in total. The maximum atomic E-state index is 11.5. The molecule has 0 radical (unpaired) electrons. The van der Waals surface area contributed by atoms with Crippen molar-refractivity contribution in [1.29, 1.82) is 0 Å². The van der Waals surface area contributed by atoms with Crippen molar-refractivity contribution >= 4 is 5.97 Å². The Morgan fingerprint density at radius 3 is 1.67 bits per heavy atom. The normalized spacial score (nSPS) is 12.2. The van der Waals surface area contributed by atoms with Crippen LogP contribution < -0.4 is 0 Å². The average molecular weight is 375 g/mol. The highest BCUT2D eigenvalue weighted by Gasteiger charge is 2.00. The third-order valence-corrected chi connectivity index (χ3v) is 4.22. The molecule has 0 saturated carbocycles. The van der Waals surface area contributed by atoms with Gasteiger partial charge in [0.25, 0.3) is 0 Å². The van der Waals surface area contributed by atoms with Crippen LogP contribution in [0.25, 0.3) is 0 Å². The number of ether oxygens (including phenoxy) is 1. The van der Waals surface area contributed by atoms with Crippen molar-refractivity contribution in [3.63, 3.8) is 0 Å². The zero-order valence-corrected chi connectivity index (χ0v) is 17.8. The Hall–Kier alpha value is -1.57. The highest BCUT2D eigenvalue weighted by Crippen LogP contribution is 2.03. The molecule has 2 heteroatoms. The first-order valence-electron chi connectivity index (χ1n) is 11.1. The van der Waals surface area contributed by atoms with Gasteiger partial charge in [-0.05, 0) is 51.4 Å². The van der Waals surface area contributed by atoms with E-state index in [1.807, 2.05) is 0 Å². The fourth-order valence-corrected chi connectivity index (χ4v) is 2.54. The number of unbranched alkanes of at least 4 members (excludes halogenated alkanes) is 6. The lowest BCUT2D eigenvalue weighted by molar-refractivity contribution is -0.143.